The molecule has 0 fully saturated rings. The first-order chi connectivity index (χ1) is 8.45. The Morgan fingerprint density at radius 3 is 2.39 bits per heavy atom. The summed E-state index contributed by atoms with van der Waals surface area (Å²) >= 11 is 0. The third kappa shape index (κ3) is 3.22. The van der Waals surface area contributed by atoms with Crippen molar-refractivity contribution in [2.75, 3.05) is 7.11 Å². The highest BCUT2D eigenvalue weighted by molar-refractivity contribution is 5.33. The molecule has 0 aliphatic rings. The normalized spacial score (nSPS) is 15.4. The Labute approximate surface area is 104 Å². The van der Waals surface area contributed by atoms with Crippen molar-refractivity contribution in [3.05, 3.63) is 35.4 Å². The lowest BCUT2D eigenvalue weighted by Gasteiger charge is -2.27. The molecule has 0 heterocycles. The second kappa shape index (κ2) is 6.17. The van der Waals surface area contributed by atoms with E-state index in [0.29, 0.717) is 6.42 Å². The van der Waals surface area contributed by atoms with Crippen LogP contribution < -0.4 is 11.3 Å². The molecule has 0 spiro atoms. The molecule has 0 aliphatic carbocycles. The van der Waals surface area contributed by atoms with Crippen LogP contribution in [0.4, 0.5) is 13.2 Å². The van der Waals surface area contributed by atoms with E-state index in [-0.39, 0.29) is 5.56 Å². The summed E-state index contributed by atoms with van der Waals surface area (Å²) in [4.78, 5) is 0. The maximum Gasteiger partial charge on any atom is 0.416 e. The summed E-state index contributed by atoms with van der Waals surface area (Å²) in [6.45, 7) is 1.83. The predicted molar refractivity (Wildman–Crippen MR) is 62.6 cm³/mol. The van der Waals surface area contributed by atoms with Gasteiger partial charge in [0.25, 0.3) is 0 Å². The van der Waals surface area contributed by atoms with Crippen LogP contribution in [0.3, 0.4) is 0 Å². The highest BCUT2D eigenvalue weighted by Gasteiger charge is 2.36. The van der Waals surface area contributed by atoms with Crippen LogP contribution in [0.5, 0.6) is 0 Å². The number of rotatable bonds is 5. The second-order valence-corrected chi connectivity index (χ2v) is 3.91. The van der Waals surface area contributed by atoms with E-state index in [1.165, 1.54) is 19.2 Å². The van der Waals surface area contributed by atoms with Gasteiger partial charge in [0.2, 0.25) is 0 Å². The number of halogens is 3. The molecule has 0 bridgehead atoms. The first-order valence-electron chi connectivity index (χ1n) is 5.60. The fraction of sp³-hybridized carbons (Fsp3) is 0.500. The van der Waals surface area contributed by atoms with Crippen molar-refractivity contribution >= 4 is 0 Å². The third-order valence-electron chi connectivity index (χ3n) is 2.86. The standard InChI is InChI=1S/C12H17F3N2O/c1-3-10(18-2)11(17-16)8-6-4-5-7-9(8)12(13,14)15/h4-7,10-11,17H,3,16H2,1-2H3. The molecule has 0 amide bonds. The number of benzene rings is 1. The Kier molecular flexibility index (Phi) is 5.13. The maximum atomic E-state index is 12.9. The minimum atomic E-state index is -4.41. The fourth-order valence-corrected chi connectivity index (χ4v) is 1.96. The quantitative estimate of drug-likeness (QED) is 0.633. The predicted octanol–water partition coefficient (Wildman–Crippen LogP) is 2.63. The summed E-state index contributed by atoms with van der Waals surface area (Å²) in [5.41, 5.74) is 1.81. The number of methoxy groups -OCH3 is 1. The van der Waals surface area contributed by atoms with Crippen molar-refractivity contribution in [2.24, 2.45) is 5.84 Å². The lowest BCUT2D eigenvalue weighted by atomic mass is 9.95. The summed E-state index contributed by atoms with van der Waals surface area (Å²) in [6, 6.07) is 4.67. The first-order valence-corrected chi connectivity index (χ1v) is 5.60. The number of hydrogen-bond donors (Lipinski definition) is 2. The van der Waals surface area contributed by atoms with Gasteiger partial charge in [-0.1, -0.05) is 25.1 Å². The summed E-state index contributed by atoms with van der Waals surface area (Å²) in [5.74, 6) is 5.37. The Hall–Kier alpha value is -1.11. The zero-order valence-corrected chi connectivity index (χ0v) is 10.3. The van der Waals surface area contributed by atoms with Gasteiger partial charge in [-0.25, -0.2) is 0 Å². The van der Waals surface area contributed by atoms with Crippen molar-refractivity contribution in [3.8, 4) is 0 Å². The molecule has 3 N–H and O–H groups in total. The van der Waals surface area contributed by atoms with Gasteiger partial charge in [0, 0.05) is 7.11 Å². The number of nitrogens with two attached hydrogens (primary N) is 1. The van der Waals surface area contributed by atoms with E-state index in [1.54, 1.807) is 6.07 Å². The largest absolute Gasteiger partial charge is 0.416 e. The summed E-state index contributed by atoms with van der Waals surface area (Å²) in [5, 5.41) is 0. The van der Waals surface area contributed by atoms with Crippen LogP contribution in [-0.4, -0.2) is 13.2 Å². The van der Waals surface area contributed by atoms with Crippen LogP contribution >= 0.6 is 0 Å². The van der Waals surface area contributed by atoms with Gasteiger partial charge in [-0.3, -0.25) is 11.3 Å². The summed E-state index contributed by atoms with van der Waals surface area (Å²) in [6.07, 6.45) is -4.27. The zero-order valence-electron chi connectivity index (χ0n) is 10.3. The van der Waals surface area contributed by atoms with Crippen LogP contribution in [-0.2, 0) is 10.9 Å². The van der Waals surface area contributed by atoms with Gasteiger partial charge in [0.15, 0.2) is 0 Å². The molecule has 1 aromatic carbocycles. The molecule has 0 radical (unpaired) electrons. The van der Waals surface area contributed by atoms with Crippen molar-refractivity contribution in [2.45, 2.75) is 31.7 Å². The van der Waals surface area contributed by atoms with E-state index in [9.17, 15) is 13.2 Å². The number of hydrazine groups is 1. The van der Waals surface area contributed by atoms with Crippen LogP contribution in [0, 0.1) is 0 Å². The lowest BCUT2D eigenvalue weighted by molar-refractivity contribution is -0.138. The second-order valence-electron chi connectivity index (χ2n) is 3.91. The van der Waals surface area contributed by atoms with Crippen LogP contribution in [0.2, 0.25) is 0 Å². The zero-order chi connectivity index (χ0) is 13.8. The van der Waals surface area contributed by atoms with Crippen LogP contribution in [0.25, 0.3) is 0 Å². The van der Waals surface area contributed by atoms with Crippen molar-refractivity contribution < 1.29 is 17.9 Å². The number of alkyl halides is 3. The number of hydrogen-bond acceptors (Lipinski definition) is 3. The molecule has 0 saturated heterocycles. The van der Waals surface area contributed by atoms with Gasteiger partial charge in [-0.05, 0) is 18.1 Å². The molecule has 2 unspecified atom stereocenters. The highest BCUT2D eigenvalue weighted by atomic mass is 19.4. The Bertz CT molecular complexity index is 378. The SMILES string of the molecule is CCC(OC)C(NN)c1ccccc1C(F)(F)F. The van der Waals surface area contributed by atoms with Crippen molar-refractivity contribution in [1.82, 2.24) is 5.43 Å². The van der Waals surface area contributed by atoms with E-state index in [2.05, 4.69) is 5.43 Å². The van der Waals surface area contributed by atoms with E-state index < -0.39 is 23.9 Å². The minimum Gasteiger partial charge on any atom is -0.379 e. The molecule has 2 atom stereocenters. The average Bonchev–Trinajstić information content (AvgIpc) is 2.34. The smallest absolute Gasteiger partial charge is 0.379 e. The Balaban J connectivity index is 3.21. The summed E-state index contributed by atoms with van der Waals surface area (Å²) < 4.78 is 43.9. The van der Waals surface area contributed by atoms with Gasteiger partial charge in [-0.15, -0.1) is 0 Å². The minimum absolute atomic E-state index is 0.0983. The van der Waals surface area contributed by atoms with E-state index in [1.807, 2.05) is 6.92 Å². The van der Waals surface area contributed by atoms with E-state index in [0.717, 1.165) is 6.07 Å². The Morgan fingerprint density at radius 2 is 1.94 bits per heavy atom. The molecule has 6 heteroatoms. The number of nitrogens with one attached hydrogen (secondary N) is 1. The Morgan fingerprint density at radius 1 is 1.33 bits per heavy atom. The van der Waals surface area contributed by atoms with E-state index >= 15 is 0 Å². The fourth-order valence-electron chi connectivity index (χ4n) is 1.96. The van der Waals surface area contributed by atoms with Crippen LogP contribution in [0.1, 0.15) is 30.5 Å². The van der Waals surface area contributed by atoms with Crippen molar-refractivity contribution in [3.63, 3.8) is 0 Å². The maximum absolute atomic E-state index is 12.9. The topological polar surface area (TPSA) is 47.3 Å². The molecular formula is C12H17F3N2O. The molecule has 1 aromatic rings. The van der Waals surface area contributed by atoms with Gasteiger partial charge in [0.05, 0.1) is 17.7 Å². The monoisotopic (exact) mass is 262 g/mol. The molecule has 0 aliphatic heterocycles. The molecule has 0 saturated carbocycles. The highest BCUT2D eigenvalue weighted by Crippen LogP contribution is 2.35. The first kappa shape index (κ1) is 14.9. The van der Waals surface area contributed by atoms with Crippen molar-refractivity contribution in [1.29, 1.82) is 0 Å². The molecule has 102 valence electrons. The molecule has 3 nitrogen and oxygen atoms in total. The molecule has 1 rings (SSSR count). The third-order valence-corrected chi connectivity index (χ3v) is 2.86. The molecular weight excluding hydrogens is 245 g/mol. The molecule has 0 aromatic heterocycles. The average molecular weight is 262 g/mol. The van der Waals surface area contributed by atoms with E-state index in [4.69, 9.17) is 10.6 Å². The van der Waals surface area contributed by atoms with Crippen LogP contribution in [0.15, 0.2) is 24.3 Å². The van der Waals surface area contributed by atoms with Gasteiger partial charge < -0.3 is 4.74 Å². The number of ether oxygens (including phenoxy) is 1. The van der Waals surface area contributed by atoms with Gasteiger partial charge in [0.1, 0.15) is 0 Å². The molecule has 18 heavy (non-hydrogen) atoms. The van der Waals surface area contributed by atoms with Gasteiger partial charge >= 0.3 is 6.18 Å². The summed E-state index contributed by atoms with van der Waals surface area (Å²) in [7, 11) is 1.45. The lowest BCUT2D eigenvalue weighted by Crippen LogP contribution is -2.38. The van der Waals surface area contributed by atoms with Gasteiger partial charge in [-0.2, -0.15) is 13.2 Å².